The van der Waals surface area contributed by atoms with E-state index in [1.54, 1.807) is 0 Å². The Labute approximate surface area is 163 Å². The van der Waals surface area contributed by atoms with Gasteiger partial charge in [-0.05, 0) is 63.2 Å². The second kappa shape index (κ2) is 13.6. The van der Waals surface area contributed by atoms with Gasteiger partial charge in [0.15, 0.2) is 0 Å². The summed E-state index contributed by atoms with van der Waals surface area (Å²) < 4.78 is 6.03. The van der Waals surface area contributed by atoms with Crippen molar-refractivity contribution < 1.29 is 4.74 Å². The molecule has 1 nitrogen and oxygen atoms in total. The molecule has 0 aromatic heterocycles. The van der Waals surface area contributed by atoms with E-state index in [2.05, 4.69) is 31.2 Å². The smallest absolute Gasteiger partial charge is 0.0654 e. The average molecular weight is 361 g/mol. The number of rotatable bonds is 11. The molecule has 0 aliphatic heterocycles. The molecule has 0 spiro atoms. The van der Waals surface area contributed by atoms with Gasteiger partial charge in [-0.2, -0.15) is 0 Å². The Morgan fingerprint density at radius 3 is 2.08 bits per heavy atom. The molecule has 0 heterocycles. The van der Waals surface area contributed by atoms with Crippen LogP contribution in [0.4, 0.5) is 0 Å². The van der Waals surface area contributed by atoms with Crippen LogP contribution in [0.3, 0.4) is 0 Å². The van der Waals surface area contributed by atoms with Crippen molar-refractivity contribution in [1.82, 2.24) is 0 Å². The summed E-state index contributed by atoms with van der Waals surface area (Å²) in [4.78, 5) is 0. The van der Waals surface area contributed by atoms with Crippen molar-refractivity contribution in [3.63, 3.8) is 0 Å². The van der Waals surface area contributed by atoms with E-state index in [4.69, 9.17) is 4.74 Å². The highest BCUT2D eigenvalue weighted by atomic mass is 16.5. The number of hydrogen-bond donors (Lipinski definition) is 0. The number of hydrogen-bond acceptors (Lipinski definition) is 1. The summed E-state index contributed by atoms with van der Waals surface area (Å²) in [5, 5.41) is 0. The minimum Gasteiger partial charge on any atom is -0.374 e. The maximum absolute atomic E-state index is 6.03. The minimum absolute atomic E-state index is 0.515. The van der Waals surface area contributed by atoms with Crippen LogP contribution in [0.25, 0.3) is 0 Å². The fraction of sp³-hybridized carbons (Fsp3) is 0.840. The molecule has 2 aliphatic carbocycles. The summed E-state index contributed by atoms with van der Waals surface area (Å²) in [5.41, 5.74) is 0. The summed E-state index contributed by atoms with van der Waals surface area (Å²) in [6.07, 6.45) is 29.1. The third-order valence-electron chi connectivity index (χ3n) is 6.86. The van der Waals surface area contributed by atoms with Gasteiger partial charge in [0.2, 0.25) is 0 Å². The van der Waals surface area contributed by atoms with Crippen LogP contribution >= 0.6 is 0 Å². The third-order valence-corrected chi connectivity index (χ3v) is 6.86. The lowest BCUT2D eigenvalue weighted by Gasteiger charge is -2.37. The number of unbranched alkanes of at least 4 members (excludes halogenated alkanes) is 4. The zero-order chi connectivity index (χ0) is 18.5. The monoisotopic (exact) mass is 360 g/mol. The fourth-order valence-corrected chi connectivity index (χ4v) is 5.15. The summed E-state index contributed by atoms with van der Waals surface area (Å²) in [7, 11) is 0. The van der Waals surface area contributed by atoms with E-state index in [9.17, 15) is 0 Å². The van der Waals surface area contributed by atoms with Crippen LogP contribution in [0.1, 0.15) is 104 Å². The molecule has 2 saturated carbocycles. The summed E-state index contributed by atoms with van der Waals surface area (Å²) in [5.74, 6) is 3.08. The van der Waals surface area contributed by atoms with Crippen molar-refractivity contribution >= 4 is 0 Å². The second-order valence-corrected chi connectivity index (χ2v) is 8.81. The molecule has 0 aromatic rings. The van der Waals surface area contributed by atoms with E-state index in [1.807, 2.05) is 6.92 Å². The molecule has 26 heavy (non-hydrogen) atoms. The van der Waals surface area contributed by atoms with Gasteiger partial charge in [-0.1, -0.05) is 82.6 Å². The molecule has 1 heteroatoms. The first-order valence-electron chi connectivity index (χ1n) is 11.7. The van der Waals surface area contributed by atoms with Crippen molar-refractivity contribution in [3.05, 3.63) is 24.3 Å². The summed E-state index contributed by atoms with van der Waals surface area (Å²) in [6.45, 7) is 5.14. The molecular formula is C25H44O. The second-order valence-electron chi connectivity index (χ2n) is 8.81. The number of ether oxygens (including phenoxy) is 1. The predicted octanol–water partition coefficient (Wildman–Crippen LogP) is 7.86. The highest BCUT2D eigenvalue weighted by Crippen LogP contribution is 2.41. The van der Waals surface area contributed by atoms with Gasteiger partial charge in [0.25, 0.3) is 0 Å². The Bertz CT molecular complexity index is 381. The van der Waals surface area contributed by atoms with E-state index < -0.39 is 0 Å². The molecule has 2 rings (SSSR count). The maximum Gasteiger partial charge on any atom is 0.0654 e. The van der Waals surface area contributed by atoms with Gasteiger partial charge >= 0.3 is 0 Å². The first kappa shape index (κ1) is 21.7. The quantitative estimate of drug-likeness (QED) is 0.269. The van der Waals surface area contributed by atoms with Crippen molar-refractivity contribution in [3.8, 4) is 0 Å². The van der Waals surface area contributed by atoms with E-state index in [-0.39, 0.29) is 0 Å². The van der Waals surface area contributed by atoms with Crippen LogP contribution in [0.5, 0.6) is 0 Å². The van der Waals surface area contributed by atoms with Gasteiger partial charge in [0.1, 0.15) is 0 Å². The molecule has 0 aromatic carbocycles. The molecule has 2 fully saturated rings. The SMILES string of the molecule is CC=CC=CCOC1CCC(C2CCC(CCCCCCC)CC2)CC1. The molecule has 150 valence electrons. The Morgan fingerprint density at radius 1 is 0.769 bits per heavy atom. The average Bonchev–Trinajstić information content (AvgIpc) is 2.69. The standard InChI is InChI=1S/C25H44O/c1-3-5-7-9-10-12-22-13-15-23(16-14-22)24-17-19-25(20-18-24)26-21-11-8-6-4-2/h4,6,8,11,22-25H,3,5,7,9-10,12-21H2,1-2H3. The van der Waals surface area contributed by atoms with Gasteiger partial charge < -0.3 is 4.74 Å². The number of allylic oxidation sites excluding steroid dienone is 3. The normalized spacial score (nSPS) is 30.4. The fourth-order valence-electron chi connectivity index (χ4n) is 5.15. The Morgan fingerprint density at radius 2 is 1.42 bits per heavy atom. The lowest BCUT2D eigenvalue weighted by Crippen LogP contribution is -2.28. The lowest BCUT2D eigenvalue weighted by atomic mass is 9.70. The highest BCUT2D eigenvalue weighted by Gasteiger charge is 2.30. The van der Waals surface area contributed by atoms with Crippen molar-refractivity contribution in [1.29, 1.82) is 0 Å². The van der Waals surface area contributed by atoms with Crippen molar-refractivity contribution in [2.75, 3.05) is 6.61 Å². The summed E-state index contributed by atoms with van der Waals surface area (Å²) >= 11 is 0. The zero-order valence-corrected chi connectivity index (χ0v) is 17.6. The molecule has 0 radical (unpaired) electrons. The van der Waals surface area contributed by atoms with Gasteiger partial charge in [-0.3, -0.25) is 0 Å². The highest BCUT2D eigenvalue weighted by molar-refractivity contribution is 5.01. The third kappa shape index (κ3) is 8.42. The van der Waals surface area contributed by atoms with E-state index in [1.165, 1.54) is 89.9 Å². The molecule has 2 aliphatic rings. The lowest BCUT2D eigenvalue weighted by molar-refractivity contribution is 0.0210. The molecule has 0 bridgehead atoms. The van der Waals surface area contributed by atoms with E-state index in [0.29, 0.717) is 6.10 Å². The van der Waals surface area contributed by atoms with Crippen LogP contribution in [0, 0.1) is 17.8 Å². The van der Waals surface area contributed by atoms with Crippen LogP contribution in [0.2, 0.25) is 0 Å². The van der Waals surface area contributed by atoms with E-state index >= 15 is 0 Å². The van der Waals surface area contributed by atoms with Gasteiger partial charge in [-0.25, -0.2) is 0 Å². The molecule has 0 saturated heterocycles. The maximum atomic E-state index is 6.03. The summed E-state index contributed by atoms with van der Waals surface area (Å²) in [6, 6.07) is 0. The Balaban J connectivity index is 1.54. The minimum atomic E-state index is 0.515. The Kier molecular flexibility index (Phi) is 11.4. The van der Waals surface area contributed by atoms with Crippen LogP contribution in [-0.2, 0) is 4.74 Å². The van der Waals surface area contributed by atoms with Gasteiger partial charge in [0, 0.05) is 0 Å². The van der Waals surface area contributed by atoms with Gasteiger partial charge in [-0.15, -0.1) is 0 Å². The molecule has 0 unspecified atom stereocenters. The van der Waals surface area contributed by atoms with E-state index in [0.717, 1.165) is 24.4 Å². The largest absolute Gasteiger partial charge is 0.374 e. The first-order chi connectivity index (χ1) is 12.8. The van der Waals surface area contributed by atoms with Crippen molar-refractivity contribution in [2.45, 2.75) is 110 Å². The van der Waals surface area contributed by atoms with Crippen LogP contribution in [-0.4, -0.2) is 12.7 Å². The zero-order valence-electron chi connectivity index (χ0n) is 17.6. The molecule has 0 amide bonds. The molecule has 0 atom stereocenters. The topological polar surface area (TPSA) is 9.23 Å². The van der Waals surface area contributed by atoms with Gasteiger partial charge in [0.05, 0.1) is 12.7 Å². The van der Waals surface area contributed by atoms with Crippen LogP contribution < -0.4 is 0 Å². The Hall–Kier alpha value is -0.560. The van der Waals surface area contributed by atoms with Crippen molar-refractivity contribution in [2.24, 2.45) is 17.8 Å². The molecule has 0 N–H and O–H groups in total. The molecular weight excluding hydrogens is 316 g/mol. The first-order valence-corrected chi connectivity index (χ1v) is 11.7. The van der Waals surface area contributed by atoms with Crippen LogP contribution in [0.15, 0.2) is 24.3 Å². The predicted molar refractivity (Wildman–Crippen MR) is 114 cm³/mol.